The number of aryl methyl sites for hydroxylation is 1. The second kappa shape index (κ2) is 28.2. The van der Waals surface area contributed by atoms with Crippen molar-refractivity contribution in [2.45, 2.75) is 26.5 Å². The number of hydrogen-bond acceptors (Lipinski definition) is 25. The molecule has 7 aromatic rings. The molecule has 414 valence electrons. The van der Waals surface area contributed by atoms with Crippen molar-refractivity contribution in [2.24, 2.45) is 15.3 Å². The number of nitro benzene ring substituents is 1. The van der Waals surface area contributed by atoms with Crippen molar-refractivity contribution in [3.8, 4) is 11.5 Å². The number of nitrogens with zero attached hydrogens (tertiary/aromatic N) is 4. The van der Waals surface area contributed by atoms with Gasteiger partial charge in [-0.25, -0.2) is 38.5 Å². The number of benzene rings is 7. The molecule has 1 aliphatic carbocycles. The van der Waals surface area contributed by atoms with Gasteiger partial charge in [-0.1, -0.05) is 18.2 Å². The van der Waals surface area contributed by atoms with Crippen LogP contribution in [0.1, 0.15) is 21.5 Å². The zero-order valence-corrected chi connectivity index (χ0v) is 56.3. The summed E-state index contributed by atoms with van der Waals surface area (Å²) < 4.78 is 184. The standard InChI is InChI=1S/C47H36N8O20S5.4Na/c1-25-16-38(40(74-2)24-37(25)52-53-39-22-33(76(60,61)62)18-27-19-34(77(63,64)65)23-41(44(27)39)75-80(72,73)32-6-4-3-5-7-32)50-47(57)49-30-12-14-35-26(17-30)20-43(79(69,70)71)45(46(35)56)54-51-29-10-8-28(9-11-29)48-36-15-13-31(55(58)59)21-42(36)78(66,67)68;;;;/h3-24,48,51H,1-2H3,(H2,49,50,57)(H,60,61,62)(H,63,64,65)(H,66,67,68)(H,69,70,71);;;;/q;4*+1/p-4/b53-52?,54-45+;;;;. The number of nitrogens with one attached hydrogen (secondary N) is 4. The fourth-order valence-electron chi connectivity index (χ4n) is 7.58. The summed E-state index contributed by atoms with van der Waals surface area (Å²) in [5, 5.41) is 30.0. The van der Waals surface area contributed by atoms with Crippen LogP contribution in [0.5, 0.6) is 11.5 Å². The van der Waals surface area contributed by atoms with Crippen LogP contribution >= 0.6 is 0 Å². The van der Waals surface area contributed by atoms with Gasteiger partial charge in [0, 0.05) is 41.2 Å². The maximum atomic E-state index is 13.7. The minimum atomic E-state index is -5.41. The first-order valence-electron chi connectivity index (χ1n) is 21.9. The first kappa shape index (κ1) is 71.4. The summed E-state index contributed by atoms with van der Waals surface area (Å²) >= 11 is 0. The Labute approximate surface area is 566 Å². The fraction of sp³-hybridized carbons (Fsp3) is 0.0426. The van der Waals surface area contributed by atoms with Crippen LogP contribution < -0.4 is 149 Å². The van der Waals surface area contributed by atoms with E-state index in [0.717, 1.165) is 30.3 Å². The van der Waals surface area contributed by atoms with Gasteiger partial charge in [-0.3, -0.25) is 20.3 Å². The number of non-ortho nitro benzene ring substituents is 1. The molecule has 7 aromatic carbocycles. The largest absolute Gasteiger partial charge is 1.00 e. The van der Waals surface area contributed by atoms with Gasteiger partial charge >= 0.3 is 134 Å². The van der Waals surface area contributed by atoms with Crippen molar-refractivity contribution in [2.75, 3.05) is 28.5 Å². The van der Waals surface area contributed by atoms with E-state index in [-0.39, 0.29) is 175 Å². The third kappa shape index (κ3) is 16.9. The molecule has 28 nitrogen and oxygen atoms in total. The Morgan fingerprint density at radius 2 is 1.19 bits per heavy atom. The quantitative estimate of drug-likeness (QED) is 0.0165. The fourth-order valence-corrected chi connectivity index (χ4v) is 10.9. The van der Waals surface area contributed by atoms with Gasteiger partial charge < -0.3 is 43.1 Å². The number of hydrazone groups is 1. The van der Waals surface area contributed by atoms with Gasteiger partial charge in [-0.2, -0.15) is 18.6 Å². The number of anilines is 5. The molecule has 0 unspecified atom stereocenters. The molecule has 0 fully saturated rings. The first-order valence-corrected chi connectivity index (χ1v) is 29.0. The Morgan fingerprint density at radius 3 is 1.77 bits per heavy atom. The summed E-state index contributed by atoms with van der Waals surface area (Å²) in [5.41, 5.74) is 0.362. The zero-order valence-electron chi connectivity index (χ0n) is 44.2. The zero-order chi connectivity index (χ0) is 58.3. The molecule has 37 heteroatoms. The number of allylic oxidation sites excluding steroid dienone is 1. The number of carbonyl (C=O) groups excluding carboxylic acids is 2. The predicted molar refractivity (Wildman–Crippen MR) is 279 cm³/mol. The number of rotatable bonds is 17. The summed E-state index contributed by atoms with van der Waals surface area (Å²) in [6.07, 6.45) is 0.856. The second-order valence-electron chi connectivity index (χ2n) is 16.6. The van der Waals surface area contributed by atoms with Crippen molar-refractivity contribution in [3.05, 3.63) is 159 Å². The number of methoxy groups -OCH3 is 1. The molecular weight excluding hydrogens is 1250 g/mol. The summed E-state index contributed by atoms with van der Waals surface area (Å²) in [7, 11) is -24.8. The van der Waals surface area contributed by atoms with Gasteiger partial charge in [0.1, 0.15) is 56.8 Å². The Morgan fingerprint density at radius 1 is 0.595 bits per heavy atom. The smallest absolute Gasteiger partial charge is 0.744 e. The molecule has 0 heterocycles. The van der Waals surface area contributed by atoms with E-state index in [1.807, 2.05) is 0 Å². The van der Waals surface area contributed by atoms with E-state index in [4.69, 9.17) is 8.92 Å². The number of fused-ring (bicyclic) bond motifs is 2. The molecule has 0 aliphatic heterocycles. The van der Waals surface area contributed by atoms with Crippen molar-refractivity contribution in [1.29, 1.82) is 0 Å². The van der Waals surface area contributed by atoms with Gasteiger partial charge in [0.25, 0.3) is 5.69 Å². The number of hydrogen-bond donors (Lipinski definition) is 4. The third-order valence-corrected chi connectivity index (χ3v) is 15.8. The Balaban J connectivity index is 0.00000378. The predicted octanol–water partition coefficient (Wildman–Crippen LogP) is -5.09. The first-order chi connectivity index (χ1) is 37.4. The average molecular weight is 1280 g/mol. The van der Waals surface area contributed by atoms with E-state index >= 15 is 0 Å². The second-order valence-corrected chi connectivity index (χ2v) is 23.6. The molecule has 1 aliphatic rings. The van der Waals surface area contributed by atoms with Crippen LogP contribution in [0, 0.1) is 17.0 Å². The maximum Gasteiger partial charge on any atom is 1.00 e. The SMILES string of the molecule is COc1cc(N=Nc2cc(S(=O)(=O)[O-])cc3cc(S(=O)(=O)[O-])cc(OS(=O)(=O)c4ccccc4)c23)c(C)cc1NC(=O)Nc1ccc2c(c1)C=C(S(=O)(=O)[O-])/C(=N\Nc1ccc(Nc3ccc([N+](=O)[O-])cc3S(=O)(=O)[O-])cc1)C2=O.[Na+].[Na+].[Na+].[Na+]. The monoisotopic (exact) mass is 1280 g/mol. The van der Waals surface area contributed by atoms with Crippen molar-refractivity contribution in [1.82, 2.24) is 0 Å². The van der Waals surface area contributed by atoms with Crippen LogP contribution in [0.4, 0.5) is 50.3 Å². The van der Waals surface area contributed by atoms with E-state index in [1.54, 1.807) is 0 Å². The number of urea groups is 1. The van der Waals surface area contributed by atoms with Crippen LogP contribution in [-0.2, 0) is 50.6 Å². The molecule has 0 atom stereocenters. The molecule has 0 saturated heterocycles. The maximum absolute atomic E-state index is 13.7. The molecule has 2 amide bonds. The molecule has 8 rings (SSSR count). The van der Waals surface area contributed by atoms with Gasteiger partial charge in [0.2, 0.25) is 5.78 Å². The summed E-state index contributed by atoms with van der Waals surface area (Å²) in [6, 6.07) is 22.4. The van der Waals surface area contributed by atoms with Gasteiger partial charge in [-0.15, -0.1) is 5.11 Å². The normalized spacial score (nSPS) is 13.0. The topological polar surface area (TPSA) is 444 Å². The van der Waals surface area contributed by atoms with Crippen LogP contribution in [0.15, 0.2) is 167 Å². The Bertz CT molecular complexity index is 4480. The molecule has 4 N–H and O–H groups in total. The molecule has 0 aromatic heterocycles. The minimum absolute atomic E-state index is 0. The number of amides is 2. The van der Waals surface area contributed by atoms with Crippen LogP contribution in [0.3, 0.4) is 0 Å². The molecule has 0 saturated carbocycles. The minimum Gasteiger partial charge on any atom is -0.744 e. The number of nitro groups is 1. The van der Waals surface area contributed by atoms with E-state index in [9.17, 15) is 80.0 Å². The number of Topliss-reactive ketones (excluding diaryl/α,β-unsaturated/α-hetero) is 1. The van der Waals surface area contributed by atoms with Crippen molar-refractivity contribution in [3.63, 3.8) is 0 Å². The van der Waals surface area contributed by atoms with E-state index in [2.05, 4.69) is 36.7 Å². The molecule has 0 spiro atoms. The van der Waals surface area contributed by atoms with Crippen molar-refractivity contribution >= 4 is 130 Å². The third-order valence-electron chi connectivity index (χ3n) is 11.2. The average Bonchev–Trinajstić information content (AvgIpc) is 3.56. The summed E-state index contributed by atoms with van der Waals surface area (Å²) in [4.78, 5) is 32.9. The molecule has 84 heavy (non-hydrogen) atoms. The molecule has 0 bridgehead atoms. The number of ether oxygens (including phenoxy) is 1. The van der Waals surface area contributed by atoms with E-state index in [0.29, 0.717) is 30.3 Å². The van der Waals surface area contributed by atoms with E-state index in [1.165, 1.54) is 86.8 Å². The molecular formula is C47H32N8Na4O20S5. The van der Waals surface area contributed by atoms with Crippen LogP contribution in [0.2, 0.25) is 0 Å². The summed E-state index contributed by atoms with van der Waals surface area (Å²) in [5.74, 6) is -1.90. The van der Waals surface area contributed by atoms with Gasteiger partial charge in [-0.05, 0) is 114 Å². The Kier molecular flexibility index (Phi) is 24.0. The van der Waals surface area contributed by atoms with Gasteiger partial charge in [0.05, 0.1) is 65.4 Å². The van der Waals surface area contributed by atoms with Crippen LogP contribution in [-0.4, -0.2) is 89.9 Å². The summed E-state index contributed by atoms with van der Waals surface area (Å²) in [6.45, 7) is 1.48. The van der Waals surface area contributed by atoms with Crippen LogP contribution in [0.25, 0.3) is 16.8 Å². The molecule has 0 radical (unpaired) electrons. The number of ketones is 1. The Hall–Kier alpha value is -5.06. The van der Waals surface area contributed by atoms with E-state index < -0.39 is 125 Å². The van der Waals surface area contributed by atoms with Gasteiger partial charge in [0.15, 0.2) is 5.75 Å². The number of azo groups is 1. The number of carbonyl (C=O) groups is 2. The van der Waals surface area contributed by atoms with Crippen molar-refractivity contribution < 1.29 is 202 Å².